The van der Waals surface area contributed by atoms with Crippen molar-refractivity contribution in [2.45, 2.75) is 50.5 Å². The monoisotopic (exact) mass is 476 g/mol. The molecular weight excluding hydrogens is 444 g/mol. The average Bonchev–Trinajstić information content (AvgIpc) is 3.21. The molecule has 3 aliphatic rings. The Balaban J connectivity index is 1.22. The van der Waals surface area contributed by atoms with Gasteiger partial charge in [0.25, 0.3) is 0 Å². The molecule has 2 fully saturated rings. The van der Waals surface area contributed by atoms with Crippen LogP contribution in [0, 0.1) is 11.8 Å². The lowest BCUT2D eigenvalue weighted by atomic mass is 9.83. The summed E-state index contributed by atoms with van der Waals surface area (Å²) in [6, 6.07) is 16.1. The number of fused-ring (bicyclic) bond motifs is 3. The zero-order valence-corrected chi connectivity index (χ0v) is 19.8. The van der Waals surface area contributed by atoms with Gasteiger partial charge in [-0.2, -0.15) is 0 Å². The number of ether oxygens (including phenoxy) is 1. The number of alkyl carbamates (subject to hydrolysis) is 1. The summed E-state index contributed by atoms with van der Waals surface area (Å²) in [5.41, 5.74) is 4.67. The van der Waals surface area contributed by atoms with E-state index >= 15 is 0 Å². The fraction of sp³-hybridized carbons (Fsp3) is 0.464. The number of hydrogen-bond donors (Lipinski definition) is 2. The summed E-state index contributed by atoms with van der Waals surface area (Å²) in [5.74, 6) is -1.75. The normalized spacial score (nSPS) is 23.8. The minimum Gasteiger partial charge on any atom is -0.481 e. The number of benzene rings is 2. The number of piperidine rings is 1. The molecule has 2 aliphatic carbocycles. The molecule has 2 aromatic carbocycles. The largest absolute Gasteiger partial charge is 0.481 e. The van der Waals surface area contributed by atoms with Gasteiger partial charge in [0.15, 0.2) is 0 Å². The number of nitrogens with zero attached hydrogens (tertiary/aromatic N) is 1. The van der Waals surface area contributed by atoms with Crippen LogP contribution in [-0.4, -0.2) is 53.7 Å². The van der Waals surface area contributed by atoms with E-state index in [0.29, 0.717) is 25.8 Å². The quantitative estimate of drug-likeness (QED) is 0.667. The van der Waals surface area contributed by atoms with Crippen LogP contribution >= 0.6 is 0 Å². The van der Waals surface area contributed by atoms with Crippen LogP contribution in [0.2, 0.25) is 0 Å². The number of carbonyl (C=O) groups excluding carboxylic acids is 2. The van der Waals surface area contributed by atoms with Gasteiger partial charge in [-0.1, -0.05) is 61.4 Å². The molecule has 1 aliphatic heterocycles. The molecular formula is C28H32N2O5. The van der Waals surface area contributed by atoms with Crippen molar-refractivity contribution in [3.8, 4) is 11.1 Å². The standard InChI is InChI=1S/C28H32N2O5/c31-26(30-15-7-8-18(16-30)27(32)33)23-13-5-6-14-25(23)29-28(34)35-17-24-21-11-3-1-9-19(21)20-10-2-4-12-22(20)24/h1-4,9-12,18,23-25H,5-8,13-17H2,(H,29,34)(H,32,33)/t18-,23+,25-/m0/s1. The summed E-state index contributed by atoms with van der Waals surface area (Å²) in [5, 5.41) is 12.3. The Hall–Kier alpha value is -3.35. The maximum absolute atomic E-state index is 13.3. The number of aliphatic carboxylic acids is 1. The average molecular weight is 477 g/mol. The van der Waals surface area contributed by atoms with Crippen molar-refractivity contribution in [3.05, 3.63) is 59.7 Å². The molecule has 184 valence electrons. The summed E-state index contributed by atoms with van der Waals surface area (Å²) in [4.78, 5) is 39.3. The smallest absolute Gasteiger partial charge is 0.407 e. The third kappa shape index (κ3) is 4.77. The number of rotatable bonds is 5. The summed E-state index contributed by atoms with van der Waals surface area (Å²) < 4.78 is 5.71. The second-order valence-electron chi connectivity index (χ2n) is 9.93. The van der Waals surface area contributed by atoms with E-state index in [1.807, 2.05) is 24.3 Å². The number of carboxylic acids is 1. The Morgan fingerprint density at radius 2 is 1.57 bits per heavy atom. The van der Waals surface area contributed by atoms with Gasteiger partial charge < -0.3 is 20.1 Å². The van der Waals surface area contributed by atoms with E-state index in [2.05, 4.69) is 29.6 Å². The summed E-state index contributed by atoms with van der Waals surface area (Å²) in [6.07, 6.45) is 4.08. The van der Waals surface area contributed by atoms with Crippen LogP contribution in [0.3, 0.4) is 0 Å². The molecule has 1 heterocycles. The van der Waals surface area contributed by atoms with Crippen molar-refractivity contribution in [2.24, 2.45) is 11.8 Å². The van der Waals surface area contributed by atoms with Gasteiger partial charge in [-0.15, -0.1) is 0 Å². The Labute approximate surface area is 205 Å². The molecule has 3 atom stereocenters. The van der Waals surface area contributed by atoms with Crippen LogP contribution in [-0.2, 0) is 14.3 Å². The number of carboxylic acid groups (broad SMARTS) is 1. The minimum atomic E-state index is -0.848. The first-order valence-corrected chi connectivity index (χ1v) is 12.7. The van der Waals surface area contributed by atoms with E-state index in [-0.39, 0.29) is 36.9 Å². The van der Waals surface area contributed by atoms with Crippen molar-refractivity contribution >= 4 is 18.0 Å². The van der Waals surface area contributed by atoms with Crippen LogP contribution in [0.25, 0.3) is 11.1 Å². The third-order valence-corrected chi connectivity index (χ3v) is 7.81. The molecule has 2 aromatic rings. The Morgan fingerprint density at radius 1 is 0.914 bits per heavy atom. The van der Waals surface area contributed by atoms with Crippen molar-refractivity contribution in [3.63, 3.8) is 0 Å². The predicted molar refractivity (Wildman–Crippen MR) is 131 cm³/mol. The molecule has 2 N–H and O–H groups in total. The van der Waals surface area contributed by atoms with Crippen molar-refractivity contribution in [1.29, 1.82) is 0 Å². The molecule has 0 unspecified atom stereocenters. The van der Waals surface area contributed by atoms with Gasteiger partial charge in [0, 0.05) is 25.0 Å². The van der Waals surface area contributed by atoms with E-state index in [1.54, 1.807) is 4.90 Å². The predicted octanol–water partition coefficient (Wildman–Crippen LogP) is 4.41. The lowest BCUT2D eigenvalue weighted by molar-refractivity contribution is -0.147. The minimum absolute atomic E-state index is 0.0155. The highest BCUT2D eigenvalue weighted by Gasteiger charge is 2.38. The number of nitrogens with one attached hydrogen (secondary N) is 1. The van der Waals surface area contributed by atoms with Crippen LogP contribution in [0.4, 0.5) is 4.79 Å². The van der Waals surface area contributed by atoms with Crippen molar-refractivity contribution in [1.82, 2.24) is 10.2 Å². The number of hydrogen-bond acceptors (Lipinski definition) is 4. The van der Waals surface area contributed by atoms with Gasteiger partial charge in [-0.25, -0.2) is 4.79 Å². The highest BCUT2D eigenvalue weighted by atomic mass is 16.5. The van der Waals surface area contributed by atoms with Crippen LogP contribution in [0.1, 0.15) is 55.6 Å². The van der Waals surface area contributed by atoms with Crippen molar-refractivity contribution in [2.75, 3.05) is 19.7 Å². The number of carbonyl (C=O) groups is 3. The highest BCUT2D eigenvalue weighted by Crippen LogP contribution is 2.44. The molecule has 2 amide bonds. The SMILES string of the molecule is O=C(N[C@H]1CCCC[C@H]1C(=O)N1CCC[C@H](C(=O)O)C1)OCC1c2ccccc2-c2ccccc21. The maximum atomic E-state index is 13.3. The van der Waals surface area contributed by atoms with Gasteiger partial charge in [0.1, 0.15) is 6.61 Å². The number of likely N-dealkylation sites (tertiary alicyclic amines) is 1. The third-order valence-electron chi connectivity index (χ3n) is 7.81. The lowest BCUT2D eigenvalue weighted by Crippen LogP contribution is -2.52. The molecule has 35 heavy (non-hydrogen) atoms. The molecule has 7 nitrogen and oxygen atoms in total. The molecule has 0 spiro atoms. The fourth-order valence-corrected chi connectivity index (χ4v) is 6.00. The first kappa shape index (κ1) is 23.4. The van der Waals surface area contributed by atoms with Gasteiger partial charge in [0.05, 0.1) is 11.8 Å². The Bertz CT molecular complexity index is 1070. The topological polar surface area (TPSA) is 95.9 Å². The van der Waals surface area contributed by atoms with Crippen molar-refractivity contribution < 1.29 is 24.2 Å². The molecule has 5 rings (SSSR count). The van der Waals surface area contributed by atoms with Crippen LogP contribution in [0.15, 0.2) is 48.5 Å². The van der Waals surface area contributed by atoms with Crippen LogP contribution in [0.5, 0.6) is 0 Å². The fourth-order valence-electron chi connectivity index (χ4n) is 6.00. The number of amides is 2. The highest BCUT2D eigenvalue weighted by molar-refractivity contribution is 5.82. The van der Waals surface area contributed by atoms with E-state index in [4.69, 9.17) is 4.74 Å². The van der Waals surface area contributed by atoms with Gasteiger partial charge in [-0.05, 0) is 47.9 Å². The molecule has 0 bridgehead atoms. The summed E-state index contributed by atoms with van der Waals surface area (Å²) >= 11 is 0. The summed E-state index contributed by atoms with van der Waals surface area (Å²) in [7, 11) is 0. The van der Waals surface area contributed by atoms with E-state index in [0.717, 1.165) is 30.4 Å². The zero-order chi connectivity index (χ0) is 24.4. The summed E-state index contributed by atoms with van der Waals surface area (Å²) in [6.45, 7) is 1.07. The Morgan fingerprint density at radius 3 is 2.26 bits per heavy atom. The molecule has 0 radical (unpaired) electrons. The second kappa shape index (κ2) is 10.1. The van der Waals surface area contributed by atoms with E-state index < -0.39 is 18.0 Å². The van der Waals surface area contributed by atoms with Gasteiger partial charge >= 0.3 is 12.1 Å². The maximum Gasteiger partial charge on any atom is 0.407 e. The van der Waals surface area contributed by atoms with Crippen LogP contribution < -0.4 is 5.32 Å². The van der Waals surface area contributed by atoms with E-state index in [9.17, 15) is 19.5 Å². The first-order valence-electron chi connectivity index (χ1n) is 12.7. The second-order valence-corrected chi connectivity index (χ2v) is 9.93. The molecule has 7 heteroatoms. The van der Waals surface area contributed by atoms with Gasteiger partial charge in [-0.3, -0.25) is 9.59 Å². The van der Waals surface area contributed by atoms with E-state index in [1.165, 1.54) is 11.1 Å². The zero-order valence-electron chi connectivity index (χ0n) is 19.8. The first-order chi connectivity index (χ1) is 17.0. The Kier molecular flexibility index (Phi) is 6.75. The lowest BCUT2D eigenvalue weighted by Gasteiger charge is -2.37. The molecule has 0 aromatic heterocycles. The van der Waals surface area contributed by atoms with Gasteiger partial charge in [0.2, 0.25) is 5.91 Å². The molecule has 1 saturated carbocycles. The molecule has 1 saturated heterocycles.